The topological polar surface area (TPSA) is 35.2 Å². The van der Waals surface area contributed by atoms with Crippen LogP contribution in [0.4, 0.5) is 4.39 Å². The van der Waals surface area contributed by atoms with Gasteiger partial charge in [-0.15, -0.1) is 0 Å². The standard InChI is InChI=1S/C11H16FNO/c1-8-7-9(3-4-10(8)12)11(14-2)5-6-13/h3-4,7,11H,5-6,13H2,1-2H3. The van der Waals surface area contributed by atoms with Crippen molar-refractivity contribution in [2.45, 2.75) is 19.4 Å². The molecule has 0 saturated heterocycles. The summed E-state index contributed by atoms with van der Waals surface area (Å²) in [7, 11) is 1.64. The van der Waals surface area contributed by atoms with Gasteiger partial charge in [0.25, 0.3) is 0 Å². The van der Waals surface area contributed by atoms with E-state index < -0.39 is 0 Å². The van der Waals surface area contributed by atoms with E-state index in [4.69, 9.17) is 10.5 Å². The Kier molecular flexibility index (Phi) is 4.04. The van der Waals surface area contributed by atoms with Crippen molar-refractivity contribution >= 4 is 0 Å². The van der Waals surface area contributed by atoms with E-state index in [-0.39, 0.29) is 11.9 Å². The molecule has 2 nitrogen and oxygen atoms in total. The molecule has 1 aromatic rings. The van der Waals surface area contributed by atoms with Crippen molar-refractivity contribution in [1.29, 1.82) is 0 Å². The summed E-state index contributed by atoms with van der Waals surface area (Å²) in [5, 5.41) is 0. The highest BCUT2D eigenvalue weighted by Crippen LogP contribution is 2.21. The summed E-state index contributed by atoms with van der Waals surface area (Å²) in [4.78, 5) is 0. The highest BCUT2D eigenvalue weighted by Gasteiger charge is 2.10. The minimum atomic E-state index is -0.184. The Labute approximate surface area is 83.9 Å². The molecular weight excluding hydrogens is 181 g/mol. The predicted molar refractivity (Wildman–Crippen MR) is 54.6 cm³/mol. The molecule has 0 bridgehead atoms. The zero-order valence-electron chi connectivity index (χ0n) is 8.59. The van der Waals surface area contributed by atoms with E-state index in [2.05, 4.69) is 0 Å². The number of nitrogens with two attached hydrogens (primary N) is 1. The maximum absolute atomic E-state index is 13.0. The molecule has 1 rings (SSSR count). The molecule has 0 aliphatic heterocycles. The minimum Gasteiger partial charge on any atom is -0.377 e. The van der Waals surface area contributed by atoms with E-state index in [0.29, 0.717) is 12.1 Å². The first kappa shape index (κ1) is 11.1. The van der Waals surface area contributed by atoms with E-state index in [0.717, 1.165) is 12.0 Å². The second-order valence-corrected chi connectivity index (χ2v) is 3.31. The molecule has 1 aromatic carbocycles. The average Bonchev–Trinajstić information content (AvgIpc) is 2.19. The normalized spacial score (nSPS) is 12.9. The number of halogens is 1. The van der Waals surface area contributed by atoms with Crippen LogP contribution in [0.2, 0.25) is 0 Å². The summed E-state index contributed by atoms with van der Waals surface area (Å²) >= 11 is 0. The number of hydrogen-bond donors (Lipinski definition) is 1. The van der Waals surface area contributed by atoms with Gasteiger partial charge in [-0.2, -0.15) is 0 Å². The highest BCUT2D eigenvalue weighted by molar-refractivity contribution is 5.25. The Morgan fingerprint density at radius 1 is 1.50 bits per heavy atom. The van der Waals surface area contributed by atoms with Crippen molar-refractivity contribution in [3.8, 4) is 0 Å². The summed E-state index contributed by atoms with van der Waals surface area (Å²) in [6, 6.07) is 5.01. The molecule has 14 heavy (non-hydrogen) atoms. The zero-order valence-corrected chi connectivity index (χ0v) is 8.59. The van der Waals surface area contributed by atoms with Crippen LogP contribution in [0.15, 0.2) is 18.2 Å². The van der Waals surface area contributed by atoms with Gasteiger partial charge in [-0.25, -0.2) is 4.39 Å². The minimum absolute atomic E-state index is 0.0284. The molecule has 78 valence electrons. The Bertz CT molecular complexity index is 301. The number of ether oxygens (including phenoxy) is 1. The molecule has 0 saturated carbocycles. The van der Waals surface area contributed by atoms with Gasteiger partial charge < -0.3 is 10.5 Å². The van der Waals surface area contributed by atoms with Gasteiger partial charge in [0.05, 0.1) is 6.10 Å². The van der Waals surface area contributed by atoms with Gasteiger partial charge in [0.1, 0.15) is 5.82 Å². The number of aryl methyl sites for hydroxylation is 1. The summed E-state index contributed by atoms with van der Waals surface area (Å²) in [5.74, 6) is -0.184. The van der Waals surface area contributed by atoms with Crippen LogP contribution >= 0.6 is 0 Å². The SMILES string of the molecule is COC(CCN)c1ccc(F)c(C)c1. The van der Waals surface area contributed by atoms with E-state index in [1.807, 2.05) is 0 Å². The fraction of sp³-hybridized carbons (Fsp3) is 0.455. The van der Waals surface area contributed by atoms with E-state index in [9.17, 15) is 4.39 Å². The Morgan fingerprint density at radius 3 is 2.71 bits per heavy atom. The molecule has 0 aliphatic rings. The van der Waals surface area contributed by atoms with Crippen LogP contribution in [0.3, 0.4) is 0 Å². The Morgan fingerprint density at radius 2 is 2.21 bits per heavy atom. The average molecular weight is 197 g/mol. The first-order valence-electron chi connectivity index (χ1n) is 4.68. The zero-order chi connectivity index (χ0) is 10.6. The molecule has 3 heteroatoms. The second-order valence-electron chi connectivity index (χ2n) is 3.31. The summed E-state index contributed by atoms with van der Waals surface area (Å²) < 4.78 is 18.3. The van der Waals surface area contributed by atoms with Gasteiger partial charge in [-0.1, -0.05) is 12.1 Å². The molecular formula is C11H16FNO. The van der Waals surface area contributed by atoms with Crippen molar-refractivity contribution in [3.63, 3.8) is 0 Å². The molecule has 0 amide bonds. The van der Waals surface area contributed by atoms with Crippen molar-refractivity contribution in [1.82, 2.24) is 0 Å². The van der Waals surface area contributed by atoms with Gasteiger partial charge in [0.15, 0.2) is 0 Å². The molecule has 0 spiro atoms. The number of benzene rings is 1. The maximum Gasteiger partial charge on any atom is 0.126 e. The molecule has 0 radical (unpaired) electrons. The van der Waals surface area contributed by atoms with Crippen LogP contribution in [-0.2, 0) is 4.74 Å². The maximum atomic E-state index is 13.0. The second kappa shape index (κ2) is 5.08. The molecule has 1 unspecified atom stereocenters. The smallest absolute Gasteiger partial charge is 0.126 e. The van der Waals surface area contributed by atoms with Gasteiger partial charge in [0, 0.05) is 7.11 Å². The quantitative estimate of drug-likeness (QED) is 0.802. The van der Waals surface area contributed by atoms with Gasteiger partial charge in [-0.05, 0) is 37.1 Å². The van der Waals surface area contributed by atoms with Crippen molar-refractivity contribution in [3.05, 3.63) is 35.1 Å². The van der Waals surface area contributed by atoms with Gasteiger partial charge >= 0.3 is 0 Å². The molecule has 0 aliphatic carbocycles. The van der Waals surface area contributed by atoms with Crippen LogP contribution < -0.4 is 5.73 Å². The van der Waals surface area contributed by atoms with Gasteiger partial charge in [-0.3, -0.25) is 0 Å². The first-order chi connectivity index (χ1) is 6.69. The van der Waals surface area contributed by atoms with Gasteiger partial charge in [0.2, 0.25) is 0 Å². The third-order valence-electron chi connectivity index (χ3n) is 2.27. The summed E-state index contributed by atoms with van der Waals surface area (Å²) in [6.45, 7) is 2.31. The lowest BCUT2D eigenvalue weighted by molar-refractivity contribution is 0.0977. The lowest BCUT2D eigenvalue weighted by Gasteiger charge is -2.15. The lowest BCUT2D eigenvalue weighted by atomic mass is 10.0. The summed E-state index contributed by atoms with van der Waals surface area (Å²) in [5.41, 5.74) is 7.08. The third-order valence-corrected chi connectivity index (χ3v) is 2.27. The third kappa shape index (κ3) is 2.53. The molecule has 0 aromatic heterocycles. The van der Waals surface area contributed by atoms with Crippen LogP contribution in [0.5, 0.6) is 0 Å². The molecule has 2 N–H and O–H groups in total. The van der Waals surface area contributed by atoms with E-state index >= 15 is 0 Å². The van der Waals surface area contributed by atoms with Crippen molar-refractivity contribution in [2.75, 3.05) is 13.7 Å². The van der Waals surface area contributed by atoms with Crippen LogP contribution in [0.1, 0.15) is 23.7 Å². The first-order valence-corrected chi connectivity index (χ1v) is 4.68. The number of hydrogen-bond acceptors (Lipinski definition) is 2. The van der Waals surface area contributed by atoms with Crippen LogP contribution in [-0.4, -0.2) is 13.7 Å². The molecule has 1 atom stereocenters. The van der Waals surface area contributed by atoms with E-state index in [1.54, 1.807) is 26.2 Å². The number of methoxy groups -OCH3 is 1. The summed E-state index contributed by atoms with van der Waals surface area (Å²) in [6.07, 6.45) is 0.723. The molecule has 0 fully saturated rings. The van der Waals surface area contributed by atoms with Crippen molar-refractivity contribution in [2.24, 2.45) is 5.73 Å². The largest absolute Gasteiger partial charge is 0.377 e. The Balaban J connectivity index is 2.88. The fourth-order valence-corrected chi connectivity index (χ4v) is 1.44. The van der Waals surface area contributed by atoms with Crippen LogP contribution in [0, 0.1) is 12.7 Å². The van der Waals surface area contributed by atoms with Crippen LogP contribution in [0.25, 0.3) is 0 Å². The fourth-order valence-electron chi connectivity index (χ4n) is 1.44. The molecule has 0 heterocycles. The number of rotatable bonds is 4. The lowest BCUT2D eigenvalue weighted by Crippen LogP contribution is -2.09. The highest BCUT2D eigenvalue weighted by atomic mass is 19.1. The van der Waals surface area contributed by atoms with Crippen molar-refractivity contribution < 1.29 is 9.13 Å². The predicted octanol–water partition coefficient (Wildman–Crippen LogP) is 2.17. The Hall–Kier alpha value is -0.930. The van der Waals surface area contributed by atoms with E-state index in [1.165, 1.54) is 6.07 Å². The monoisotopic (exact) mass is 197 g/mol.